The smallest absolute Gasteiger partial charge is 0.242 e. The molecule has 1 aliphatic heterocycles. The largest absolute Gasteiger partial charge is 0.350 e. The first-order valence-electron chi connectivity index (χ1n) is 9.42. The molecule has 28 heavy (non-hydrogen) atoms. The molecule has 1 N–H and O–H groups in total. The SMILES string of the molecule is O=C(NCc1cnn(-c2cccc(F)c2)c1)[C@H](c1cccnc1)N1CCCC1. The van der Waals surface area contributed by atoms with Crippen LogP contribution in [0.15, 0.2) is 61.2 Å². The van der Waals surface area contributed by atoms with Gasteiger partial charge < -0.3 is 5.32 Å². The van der Waals surface area contributed by atoms with Crippen molar-refractivity contribution in [2.24, 2.45) is 0 Å². The Morgan fingerprint density at radius 3 is 2.79 bits per heavy atom. The van der Waals surface area contributed by atoms with E-state index in [1.807, 2.05) is 12.1 Å². The van der Waals surface area contributed by atoms with Crippen LogP contribution < -0.4 is 5.32 Å². The van der Waals surface area contributed by atoms with Gasteiger partial charge in [-0.2, -0.15) is 5.10 Å². The van der Waals surface area contributed by atoms with Crippen molar-refractivity contribution >= 4 is 5.91 Å². The Balaban J connectivity index is 1.45. The summed E-state index contributed by atoms with van der Waals surface area (Å²) in [7, 11) is 0. The highest BCUT2D eigenvalue weighted by Gasteiger charge is 2.29. The third-order valence-electron chi connectivity index (χ3n) is 4.93. The van der Waals surface area contributed by atoms with Crippen LogP contribution >= 0.6 is 0 Å². The van der Waals surface area contributed by atoms with Crippen molar-refractivity contribution in [3.05, 3.63) is 78.1 Å². The number of rotatable bonds is 6. The third-order valence-corrected chi connectivity index (χ3v) is 4.93. The average molecular weight is 379 g/mol. The molecule has 0 saturated carbocycles. The first-order valence-corrected chi connectivity index (χ1v) is 9.42. The molecule has 0 aliphatic carbocycles. The molecule has 1 saturated heterocycles. The summed E-state index contributed by atoms with van der Waals surface area (Å²) in [6.07, 6.45) is 9.15. The number of halogens is 1. The van der Waals surface area contributed by atoms with E-state index in [9.17, 15) is 9.18 Å². The number of carbonyl (C=O) groups excluding carboxylic acids is 1. The molecule has 1 aromatic carbocycles. The van der Waals surface area contributed by atoms with Crippen LogP contribution in [0, 0.1) is 5.82 Å². The van der Waals surface area contributed by atoms with E-state index in [0.29, 0.717) is 12.2 Å². The molecule has 7 heteroatoms. The highest BCUT2D eigenvalue weighted by atomic mass is 19.1. The van der Waals surface area contributed by atoms with Crippen LogP contribution in [0.2, 0.25) is 0 Å². The van der Waals surface area contributed by atoms with Crippen LogP contribution in [0.4, 0.5) is 4.39 Å². The minimum Gasteiger partial charge on any atom is -0.350 e. The van der Waals surface area contributed by atoms with Crippen LogP contribution in [-0.2, 0) is 11.3 Å². The second-order valence-corrected chi connectivity index (χ2v) is 6.92. The van der Waals surface area contributed by atoms with Gasteiger partial charge in [-0.15, -0.1) is 0 Å². The molecule has 1 aliphatic rings. The van der Waals surface area contributed by atoms with Crippen LogP contribution in [-0.4, -0.2) is 38.7 Å². The number of aromatic nitrogens is 3. The zero-order valence-electron chi connectivity index (χ0n) is 15.5. The molecule has 0 radical (unpaired) electrons. The van der Waals surface area contributed by atoms with Gasteiger partial charge in [-0.05, 0) is 55.8 Å². The summed E-state index contributed by atoms with van der Waals surface area (Å²) in [5.74, 6) is -0.360. The van der Waals surface area contributed by atoms with E-state index >= 15 is 0 Å². The summed E-state index contributed by atoms with van der Waals surface area (Å²) in [6.45, 7) is 2.17. The van der Waals surface area contributed by atoms with E-state index in [0.717, 1.165) is 37.1 Å². The Hall–Kier alpha value is -3.06. The molecule has 3 aromatic rings. The van der Waals surface area contributed by atoms with Crippen molar-refractivity contribution in [1.82, 2.24) is 25.0 Å². The number of nitrogens with zero attached hydrogens (tertiary/aromatic N) is 4. The zero-order valence-corrected chi connectivity index (χ0v) is 15.5. The number of carbonyl (C=O) groups is 1. The van der Waals surface area contributed by atoms with Crippen LogP contribution in [0.1, 0.15) is 30.0 Å². The second-order valence-electron chi connectivity index (χ2n) is 6.92. The van der Waals surface area contributed by atoms with E-state index < -0.39 is 0 Å². The van der Waals surface area contributed by atoms with Gasteiger partial charge in [0.05, 0.1) is 11.9 Å². The summed E-state index contributed by atoms with van der Waals surface area (Å²) in [5, 5.41) is 7.28. The molecule has 0 unspecified atom stereocenters. The summed E-state index contributed by atoms with van der Waals surface area (Å²) >= 11 is 0. The number of hydrogen-bond acceptors (Lipinski definition) is 4. The average Bonchev–Trinajstić information content (AvgIpc) is 3.40. The molecule has 3 heterocycles. The normalized spacial score (nSPS) is 15.5. The Bertz CT molecular complexity index is 937. The molecule has 4 rings (SSSR count). The number of pyridine rings is 1. The topological polar surface area (TPSA) is 63.1 Å². The molecular formula is C21H22FN5O. The zero-order chi connectivity index (χ0) is 19.3. The van der Waals surface area contributed by atoms with E-state index in [1.54, 1.807) is 41.6 Å². The van der Waals surface area contributed by atoms with Gasteiger partial charge >= 0.3 is 0 Å². The van der Waals surface area contributed by atoms with Gasteiger partial charge in [0.1, 0.15) is 11.9 Å². The van der Waals surface area contributed by atoms with Gasteiger partial charge in [-0.1, -0.05) is 12.1 Å². The molecule has 1 amide bonds. The lowest BCUT2D eigenvalue weighted by molar-refractivity contribution is -0.126. The first-order chi connectivity index (χ1) is 13.7. The van der Waals surface area contributed by atoms with Crippen LogP contribution in [0.3, 0.4) is 0 Å². The van der Waals surface area contributed by atoms with E-state index in [1.165, 1.54) is 12.1 Å². The lowest BCUT2D eigenvalue weighted by atomic mass is 10.1. The van der Waals surface area contributed by atoms with Gasteiger partial charge in [-0.3, -0.25) is 14.7 Å². The Morgan fingerprint density at radius 1 is 1.18 bits per heavy atom. The summed E-state index contributed by atoms with van der Waals surface area (Å²) in [4.78, 5) is 19.3. The fourth-order valence-corrected chi connectivity index (χ4v) is 3.56. The Labute approximate surface area is 163 Å². The monoisotopic (exact) mass is 379 g/mol. The second kappa shape index (κ2) is 8.31. The molecule has 0 spiro atoms. The molecule has 1 fully saturated rings. The van der Waals surface area contributed by atoms with Gasteiger partial charge in [-0.25, -0.2) is 9.07 Å². The summed E-state index contributed by atoms with van der Waals surface area (Å²) in [5.41, 5.74) is 2.39. The lowest BCUT2D eigenvalue weighted by Crippen LogP contribution is -2.39. The van der Waals surface area contributed by atoms with E-state index in [4.69, 9.17) is 0 Å². The van der Waals surface area contributed by atoms with Crippen molar-refractivity contribution in [3.8, 4) is 5.69 Å². The first kappa shape index (κ1) is 18.3. The van der Waals surface area contributed by atoms with Crippen molar-refractivity contribution < 1.29 is 9.18 Å². The number of amides is 1. The lowest BCUT2D eigenvalue weighted by Gasteiger charge is -2.26. The van der Waals surface area contributed by atoms with E-state index in [2.05, 4.69) is 20.3 Å². The maximum Gasteiger partial charge on any atom is 0.242 e. The molecule has 0 bridgehead atoms. The maximum absolute atomic E-state index is 13.4. The van der Waals surface area contributed by atoms with Crippen molar-refractivity contribution in [2.75, 3.05) is 13.1 Å². The quantitative estimate of drug-likeness (QED) is 0.715. The number of likely N-dealkylation sites (tertiary alicyclic amines) is 1. The van der Waals surface area contributed by atoms with Crippen molar-refractivity contribution in [3.63, 3.8) is 0 Å². The maximum atomic E-state index is 13.4. The number of nitrogens with one attached hydrogen (secondary N) is 1. The molecule has 2 aromatic heterocycles. The number of benzene rings is 1. The number of hydrogen-bond donors (Lipinski definition) is 1. The minimum atomic E-state index is -0.338. The summed E-state index contributed by atoms with van der Waals surface area (Å²) in [6, 6.07) is 9.69. The molecule has 144 valence electrons. The highest BCUT2D eigenvalue weighted by molar-refractivity contribution is 5.83. The van der Waals surface area contributed by atoms with Gasteiger partial charge in [0, 0.05) is 30.7 Å². The van der Waals surface area contributed by atoms with Crippen molar-refractivity contribution in [2.45, 2.75) is 25.4 Å². The van der Waals surface area contributed by atoms with Gasteiger partial charge in [0.2, 0.25) is 5.91 Å². The Morgan fingerprint density at radius 2 is 2.04 bits per heavy atom. The minimum absolute atomic E-state index is 0.0478. The predicted octanol–water partition coefficient (Wildman–Crippen LogP) is 2.86. The fraction of sp³-hybridized carbons (Fsp3) is 0.286. The third kappa shape index (κ3) is 4.09. The van der Waals surface area contributed by atoms with Gasteiger partial charge in [0.15, 0.2) is 0 Å². The van der Waals surface area contributed by atoms with E-state index in [-0.39, 0.29) is 17.8 Å². The highest BCUT2D eigenvalue weighted by Crippen LogP contribution is 2.25. The molecule has 1 atom stereocenters. The molecular weight excluding hydrogens is 357 g/mol. The Kier molecular flexibility index (Phi) is 5.43. The fourth-order valence-electron chi connectivity index (χ4n) is 3.56. The predicted molar refractivity (Wildman–Crippen MR) is 103 cm³/mol. The van der Waals surface area contributed by atoms with Crippen LogP contribution in [0.5, 0.6) is 0 Å². The standard InChI is InChI=1S/C21H22FN5O/c22-18-6-3-7-19(11-18)27-15-16(13-25-27)12-24-21(28)20(26-9-1-2-10-26)17-5-4-8-23-14-17/h3-8,11,13-15,20H,1-2,9-10,12H2,(H,24,28)/t20-/m0/s1. The van der Waals surface area contributed by atoms with Crippen molar-refractivity contribution in [1.29, 1.82) is 0 Å². The van der Waals surface area contributed by atoms with Gasteiger partial charge in [0.25, 0.3) is 0 Å². The summed E-state index contributed by atoms with van der Waals surface area (Å²) < 4.78 is 15.0. The molecule has 6 nitrogen and oxygen atoms in total. The van der Waals surface area contributed by atoms with Crippen LogP contribution in [0.25, 0.3) is 5.69 Å².